The molecule has 4 N–H and O–H groups in total. The van der Waals surface area contributed by atoms with Crippen LogP contribution in [-0.2, 0) is 14.4 Å². The van der Waals surface area contributed by atoms with Crippen molar-refractivity contribution in [2.24, 2.45) is 11.8 Å². The van der Waals surface area contributed by atoms with E-state index in [9.17, 15) is 19.2 Å². The summed E-state index contributed by atoms with van der Waals surface area (Å²) in [5, 5.41) is 9.35. The van der Waals surface area contributed by atoms with Crippen molar-refractivity contribution in [3.63, 3.8) is 0 Å². The van der Waals surface area contributed by atoms with E-state index in [0.29, 0.717) is 37.3 Å². The minimum absolute atomic E-state index is 0.0815. The fourth-order valence-corrected chi connectivity index (χ4v) is 5.03. The molecular weight excluding hydrogens is 420 g/mol. The van der Waals surface area contributed by atoms with Gasteiger partial charge in [0.1, 0.15) is 18.0 Å². The highest BCUT2D eigenvalue weighted by Gasteiger charge is 2.31. The lowest BCUT2D eigenvalue weighted by Crippen LogP contribution is -2.51. The summed E-state index contributed by atoms with van der Waals surface area (Å²) in [5.74, 6) is -0.728. The van der Waals surface area contributed by atoms with Crippen molar-refractivity contribution in [3.05, 3.63) is 36.0 Å². The molecule has 4 rings (SSSR count). The molecular formula is C25H32N4O4. The van der Waals surface area contributed by atoms with E-state index in [1.807, 2.05) is 24.3 Å². The van der Waals surface area contributed by atoms with Gasteiger partial charge in [-0.3, -0.25) is 14.4 Å². The normalized spacial score (nSPS) is 20.7. The molecule has 1 aromatic carbocycles. The van der Waals surface area contributed by atoms with Gasteiger partial charge in [0, 0.05) is 23.4 Å². The third kappa shape index (κ3) is 5.80. The molecule has 1 saturated carbocycles. The molecule has 2 aromatic rings. The van der Waals surface area contributed by atoms with Gasteiger partial charge in [-0.25, -0.2) is 0 Å². The van der Waals surface area contributed by atoms with Crippen LogP contribution < -0.4 is 16.0 Å². The van der Waals surface area contributed by atoms with Crippen LogP contribution in [0.4, 0.5) is 0 Å². The molecule has 8 nitrogen and oxygen atoms in total. The average molecular weight is 453 g/mol. The van der Waals surface area contributed by atoms with Gasteiger partial charge >= 0.3 is 0 Å². The minimum Gasteiger partial charge on any atom is -0.356 e. The molecule has 33 heavy (non-hydrogen) atoms. The summed E-state index contributed by atoms with van der Waals surface area (Å²) in [6.45, 7) is 0.591. The lowest BCUT2D eigenvalue weighted by atomic mass is 9.84. The molecule has 2 fully saturated rings. The van der Waals surface area contributed by atoms with Gasteiger partial charge in [-0.2, -0.15) is 0 Å². The number of rotatable bonds is 9. The highest BCUT2D eigenvalue weighted by Crippen LogP contribution is 2.28. The van der Waals surface area contributed by atoms with Gasteiger partial charge in [0.2, 0.25) is 11.8 Å². The van der Waals surface area contributed by atoms with E-state index >= 15 is 0 Å². The Kier molecular flexibility index (Phi) is 7.42. The van der Waals surface area contributed by atoms with Gasteiger partial charge in [-0.1, -0.05) is 50.3 Å². The molecule has 176 valence electrons. The van der Waals surface area contributed by atoms with Crippen LogP contribution in [0.15, 0.2) is 30.3 Å². The number of H-pyrrole nitrogens is 1. The summed E-state index contributed by atoms with van der Waals surface area (Å²) in [4.78, 5) is 52.8. The fraction of sp³-hybridized carbons (Fsp3) is 0.520. The summed E-state index contributed by atoms with van der Waals surface area (Å²) >= 11 is 0. The summed E-state index contributed by atoms with van der Waals surface area (Å²) < 4.78 is 0. The Morgan fingerprint density at radius 3 is 2.55 bits per heavy atom. The second kappa shape index (κ2) is 10.6. The van der Waals surface area contributed by atoms with Crippen LogP contribution in [0.1, 0.15) is 61.9 Å². The second-order valence-corrected chi connectivity index (χ2v) is 9.30. The Morgan fingerprint density at radius 2 is 1.85 bits per heavy atom. The Bertz CT molecular complexity index is 978. The molecule has 3 atom stereocenters. The minimum atomic E-state index is -0.759. The number of aromatic nitrogens is 1. The van der Waals surface area contributed by atoms with Crippen molar-refractivity contribution in [2.45, 2.75) is 63.5 Å². The van der Waals surface area contributed by atoms with Gasteiger partial charge in [0.05, 0.1) is 6.04 Å². The van der Waals surface area contributed by atoms with E-state index in [4.69, 9.17) is 0 Å². The summed E-state index contributed by atoms with van der Waals surface area (Å²) in [5.41, 5.74) is 1.25. The zero-order valence-corrected chi connectivity index (χ0v) is 18.8. The summed E-state index contributed by atoms with van der Waals surface area (Å²) in [6.07, 6.45) is 7.66. The summed E-state index contributed by atoms with van der Waals surface area (Å²) in [7, 11) is 0. The molecule has 1 aliphatic heterocycles. The summed E-state index contributed by atoms with van der Waals surface area (Å²) in [6, 6.07) is 7.88. The Hall–Kier alpha value is -3.16. The van der Waals surface area contributed by atoms with Crippen LogP contribution in [0.5, 0.6) is 0 Å². The number of para-hydroxylation sites is 1. The van der Waals surface area contributed by atoms with Crippen molar-refractivity contribution in [2.75, 3.05) is 6.54 Å². The topological polar surface area (TPSA) is 120 Å². The lowest BCUT2D eigenvalue weighted by Gasteiger charge is -2.27. The average Bonchev–Trinajstić information content (AvgIpc) is 3.44. The quantitative estimate of drug-likeness (QED) is 0.437. The molecule has 0 spiro atoms. The first kappa shape index (κ1) is 23.0. The third-order valence-corrected chi connectivity index (χ3v) is 6.88. The molecule has 1 aliphatic carbocycles. The molecule has 0 bridgehead atoms. The molecule has 8 heteroatoms. The molecule has 2 heterocycles. The zero-order valence-electron chi connectivity index (χ0n) is 18.8. The monoisotopic (exact) mass is 452 g/mol. The first-order valence-corrected chi connectivity index (χ1v) is 12.0. The van der Waals surface area contributed by atoms with E-state index in [1.54, 1.807) is 6.07 Å². The number of benzene rings is 1. The van der Waals surface area contributed by atoms with Crippen LogP contribution >= 0.6 is 0 Å². The Balaban J connectivity index is 1.45. The number of aromatic amines is 1. The molecule has 3 amide bonds. The van der Waals surface area contributed by atoms with Crippen molar-refractivity contribution in [1.29, 1.82) is 0 Å². The predicted octanol–water partition coefficient (Wildman–Crippen LogP) is 2.45. The predicted molar refractivity (Wildman–Crippen MR) is 124 cm³/mol. The van der Waals surface area contributed by atoms with Crippen LogP contribution in [0.25, 0.3) is 10.9 Å². The van der Waals surface area contributed by atoms with E-state index in [2.05, 4.69) is 20.9 Å². The van der Waals surface area contributed by atoms with Gasteiger partial charge in [0.25, 0.3) is 5.91 Å². The third-order valence-electron chi connectivity index (χ3n) is 6.88. The van der Waals surface area contributed by atoms with Crippen molar-refractivity contribution in [1.82, 2.24) is 20.9 Å². The maximum atomic E-state index is 13.2. The van der Waals surface area contributed by atoms with Crippen molar-refractivity contribution in [3.8, 4) is 0 Å². The number of fused-ring (bicyclic) bond motifs is 1. The maximum Gasteiger partial charge on any atom is 0.268 e. The van der Waals surface area contributed by atoms with Gasteiger partial charge in [-0.15, -0.1) is 0 Å². The van der Waals surface area contributed by atoms with E-state index in [0.717, 1.165) is 36.6 Å². The number of nitrogens with one attached hydrogen (secondary N) is 4. The molecule has 1 saturated heterocycles. The Labute approximate surface area is 193 Å². The fourth-order valence-electron chi connectivity index (χ4n) is 5.03. The number of carbonyl (C=O) groups is 4. The number of amides is 3. The number of aldehydes is 1. The van der Waals surface area contributed by atoms with Crippen LogP contribution in [0, 0.1) is 11.8 Å². The van der Waals surface area contributed by atoms with Gasteiger partial charge in [0.15, 0.2) is 0 Å². The number of hydrogen-bond donors (Lipinski definition) is 4. The Morgan fingerprint density at radius 1 is 1.06 bits per heavy atom. The first-order valence-electron chi connectivity index (χ1n) is 12.0. The maximum absolute atomic E-state index is 13.2. The molecule has 2 unspecified atom stereocenters. The smallest absolute Gasteiger partial charge is 0.268 e. The van der Waals surface area contributed by atoms with Crippen LogP contribution in [0.3, 0.4) is 0 Å². The van der Waals surface area contributed by atoms with Crippen LogP contribution in [0.2, 0.25) is 0 Å². The standard InChI is InChI=1S/C25H32N4O4/c30-15-19(13-18-10-11-26-23(18)31)27-24(32)21(12-16-6-2-1-3-7-16)29-25(33)22-14-17-8-4-5-9-20(17)28-22/h4-5,8-9,14-16,18-19,21,28H,1-3,6-7,10-13H2,(H,26,31)(H,27,32)(H,29,33)/t18-,19?,21?/m0/s1. The van der Waals surface area contributed by atoms with E-state index in [-0.39, 0.29) is 30.1 Å². The van der Waals surface area contributed by atoms with Crippen molar-refractivity contribution < 1.29 is 19.2 Å². The first-order chi connectivity index (χ1) is 16.0. The van der Waals surface area contributed by atoms with Crippen molar-refractivity contribution >= 4 is 34.9 Å². The largest absolute Gasteiger partial charge is 0.356 e. The number of carbonyl (C=O) groups excluding carboxylic acids is 4. The van der Waals surface area contributed by atoms with E-state index in [1.165, 1.54) is 6.42 Å². The van der Waals surface area contributed by atoms with Gasteiger partial charge in [-0.05, 0) is 37.3 Å². The van der Waals surface area contributed by atoms with E-state index < -0.39 is 12.1 Å². The SMILES string of the molecule is O=CC(C[C@@H]1CCNC1=O)NC(=O)C(CC1CCCCC1)NC(=O)c1cc2ccccc2[nH]1. The highest BCUT2D eigenvalue weighted by atomic mass is 16.2. The second-order valence-electron chi connectivity index (χ2n) is 9.30. The molecule has 2 aliphatic rings. The highest BCUT2D eigenvalue weighted by molar-refractivity contribution is 6.00. The number of hydrogen-bond acceptors (Lipinski definition) is 4. The van der Waals surface area contributed by atoms with Crippen LogP contribution in [-0.4, -0.2) is 47.6 Å². The molecule has 1 aromatic heterocycles. The van der Waals surface area contributed by atoms with Gasteiger partial charge < -0.3 is 25.7 Å². The molecule has 0 radical (unpaired) electrons. The lowest BCUT2D eigenvalue weighted by molar-refractivity contribution is -0.127. The zero-order chi connectivity index (χ0) is 23.2.